The molecule has 5 unspecified atom stereocenters. The zero-order valence-electron chi connectivity index (χ0n) is 10.8. The van der Waals surface area contributed by atoms with Crippen LogP contribution in [0.4, 0.5) is 8.78 Å². The molecule has 5 atom stereocenters. The molecule has 0 spiro atoms. The molecule has 1 N–H and O–H groups in total. The zero-order valence-corrected chi connectivity index (χ0v) is 11.6. The van der Waals surface area contributed by atoms with Crippen LogP contribution in [0.5, 0.6) is 0 Å². The minimum atomic E-state index is -5.27. The van der Waals surface area contributed by atoms with Crippen LogP contribution in [0.2, 0.25) is 0 Å². The third-order valence-electron chi connectivity index (χ3n) is 5.45. The predicted octanol–water partition coefficient (Wildman–Crippen LogP) is 3.32. The first-order valence-corrected chi connectivity index (χ1v) is 8.53. The van der Waals surface area contributed by atoms with Crippen molar-refractivity contribution in [3.8, 4) is 0 Å². The number of halogens is 2. The summed E-state index contributed by atoms with van der Waals surface area (Å²) in [6.07, 6.45) is 5.33. The Labute approximate surface area is 112 Å². The van der Waals surface area contributed by atoms with E-state index in [9.17, 15) is 17.2 Å². The molecule has 3 rings (SSSR count). The van der Waals surface area contributed by atoms with E-state index in [2.05, 4.69) is 0 Å². The van der Waals surface area contributed by atoms with Crippen molar-refractivity contribution < 1.29 is 21.8 Å². The maximum absolute atomic E-state index is 13.5. The summed E-state index contributed by atoms with van der Waals surface area (Å²) in [7, 11) is -5.27. The first-order chi connectivity index (χ1) is 8.74. The van der Waals surface area contributed by atoms with Crippen molar-refractivity contribution in [2.45, 2.75) is 50.2 Å². The standard InChI is InChI=1S/C13H20F2O3S/c14-13(15,19(16,17)18)7-10-2-8-1-9-4-11(3-8)12(5-9)6-10/h8-12H,1-7H2,(H,16,17,18). The molecule has 3 bridgehead atoms. The first kappa shape index (κ1) is 13.7. The molecule has 6 heteroatoms. The molecule has 0 aromatic heterocycles. The lowest BCUT2D eigenvalue weighted by Gasteiger charge is -2.29. The van der Waals surface area contributed by atoms with Crippen molar-refractivity contribution in [1.29, 1.82) is 0 Å². The fourth-order valence-electron chi connectivity index (χ4n) is 4.90. The van der Waals surface area contributed by atoms with Gasteiger partial charge in [0.05, 0.1) is 0 Å². The first-order valence-electron chi connectivity index (χ1n) is 7.09. The van der Waals surface area contributed by atoms with Crippen LogP contribution in [0.1, 0.15) is 44.9 Å². The second-order valence-electron chi connectivity index (χ2n) is 6.85. The van der Waals surface area contributed by atoms with E-state index in [1.165, 1.54) is 6.42 Å². The highest BCUT2D eigenvalue weighted by Crippen LogP contribution is 2.55. The van der Waals surface area contributed by atoms with Crippen molar-refractivity contribution in [3.05, 3.63) is 0 Å². The number of alkyl halides is 2. The molecular formula is C13H20F2O3S. The second kappa shape index (κ2) is 4.38. The fourth-order valence-corrected chi connectivity index (χ4v) is 5.35. The van der Waals surface area contributed by atoms with Crippen molar-refractivity contribution in [2.75, 3.05) is 0 Å². The van der Waals surface area contributed by atoms with E-state index < -0.39 is 21.8 Å². The van der Waals surface area contributed by atoms with Crippen molar-refractivity contribution in [2.24, 2.45) is 29.6 Å². The Bertz CT molecular complexity index is 461. The Balaban J connectivity index is 1.73. The van der Waals surface area contributed by atoms with Crippen LogP contribution >= 0.6 is 0 Å². The molecule has 3 nitrogen and oxygen atoms in total. The third-order valence-corrected chi connectivity index (χ3v) is 6.37. The molecule has 3 aliphatic rings. The lowest BCUT2D eigenvalue weighted by atomic mass is 9.78. The van der Waals surface area contributed by atoms with Gasteiger partial charge < -0.3 is 0 Å². The lowest BCUT2D eigenvalue weighted by molar-refractivity contribution is 0.0433. The van der Waals surface area contributed by atoms with Gasteiger partial charge in [0.1, 0.15) is 0 Å². The topological polar surface area (TPSA) is 54.4 Å². The van der Waals surface area contributed by atoms with Crippen molar-refractivity contribution in [3.63, 3.8) is 0 Å². The van der Waals surface area contributed by atoms with E-state index in [4.69, 9.17) is 4.55 Å². The Morgan fingerprint density at radius 2 is 1.47 bits per heavy atom. The molecular weight excluding hydrogens is 274 g/mol. The van der Waals surface area contributed by atoms with Gasteiger partial charge in [-0.25, -0.2) is 0 Å². The minimum absolute atomic E-state index is 0.268. The van der Waals surface area contributed by atoms with Gasteiger partial charge in [0, 0.05) is 6.42 Å². The Morgan fingerprint density at radius 3 is 2.05 bits per heavy atom. The van der Waals surface area contributed by atoms with Crippen LogP contribution in [-0.4, -0.2) is 18.2 Å². The van der Waals surface area contributed by atoms with E-state index in [0.717, 1.165) is 25.2 Å². The molecule has 110 valence electrons. The van der Waals surface area contributed by atoms with Gasteiger partial charge in [-0.2, -0.15) is 17.2 Å². The summed E-state index contributed by atoms with van der Waals surface area (Å²) in [6, 6.07) is 0. The quantitative estimate of drug-likeness (QED) is 0.812. The van der Waals surface area contributed by atoms with Gasteiger partial charge in [0.25, 0.3) is 0 Å². The van der Waals surface area contributed by atoms with Crippen LogP contribution in [0, 0.1) is 29.6 Å². The van der Waals surface area contributed by atoms with Gasteiger partial charge in [-0.3, -0.25) is 4.55 Å². The summed E-state index contributed by atoms with van der Waals surface area (Å²) in [5.74, 6) is 2.17. The molecule has 0 amide bonds. The number of hydrogen-bond donors (Lipinski definition) is 1. The van der Waals surface area contributed by atoms with Crippen molar-refractivity contribution >= 4 is 10.1 Å². The van der Waals surface area contributed by atoms with Gasteiger partial charge in [-0.15, -0.1) is 0 Å². The van der Waals surface area contributed by atoms with Crippen LogP contribution < -0.4 is 0 Å². The summed E-state index contributed by atoms with van der Waals surface area (Å²) in [5.41, 5.74) is 0. The van der Waals surface area contributed by atoms with Gasteiger partial charge >= 0.3 is 15.4 Å². The van der Waals surface area contributed by atoms with E-state index in [-0.39, 0.29) is 5.92 Å². The van der Waals surface area contributed by atoms with Gasteiger partial charge in [-0.05, 0) is 68.1 Å². The average molecular weight is 294 g/mol. The fraction of sp³-hybridized carbons (Fsp3) is 1.00. The third kappa shape index (κ3) is 2.53. The number of rotatable bonds is 3. The van der Waals surface area contributed by atoms with Gasteiger partial charge in [0.2, 0.25) is 0 Å². The molecule has 19 heavy (non-hydrogen) atoms. The highest BCUT2D eigenvalue weighted by Gasteiger charge is 2.50. The second-order valence-corrected chi connectivity index (χ2v) is 8.40. The van der Waals surface area contributed by atoms with Gasteiger partial charge in [0.15, 0.2) is 0 Å². The number of hydrogen-bond acceptors (Lipinski definition) is 2. The summed E-state index contributed by atoms with van der Waals surface area (Å²) in [5, 5.41) is -3.99. The smallest absolute Gasteiger partial charge is 0.281 e. The Morgan fingerprint density at radius 1 is 0.947 bits per heavy atom. The van der Waals surface area contributed by atoms with Gasteiger partial charge in [-0.1, -0.05) is 0 Å². The van der Waals surface area contributed by atoms with Crippen LogP contribution in [0.25, 0.3) is 0 Å². The molecule has 0 aromatic rings. The summed E-state index contributed by atoms with van der Waals surface area (Å²) >= 11 is 0. The molecule has 0 radical (unpaired) electrons. The molecule has 0 aliphatic heterocycles. The highest BCUT2D eigenvalue weighted by atomic mass is 32.2. The molecule has 3 saturated carbocycles. The summed E-state index contributed by atoms with van der Waals surface area (Å²) in [6.45, 7) is 0. The van der Waals surface area contributed by atoms with E-state index in [1.54, 1.807) is 0 Å². The van der Waals surface area contributed by atoms with E-state index in [1.807, 2.05) is 0 Å². The van der Waals surface area contributed by atoms with Crippen LogP contribution in [0.15, 0.2) is 0 Å². The average Bonchev–Trinajstić information content (AvgIpc) is 2.44. The van der Waals surface area contributed by atoms with Crippen molar-refractivity contribution in [1.82, 2.24) is 0 Å². The minimum Gasteiger partial charge on any atom is -0.281 e. The molecule has 0 aromatic carbocycles. The van der Waals surface area contributed by atoms with E-state index in [0.29, 0.717) is 30.6 Å². The Kier molecular flexibility index (Phi) is 3.17. The summed E-state index contributed by atoms with van der Waals surface area (Å²) < 4.78 is 57.1. The highest BCUT2D eigenvalue weighted by molar-refractivity contribution is 7.86. The van der Waals surface area contributed by atoms with E-state index >= 15 is 0 Å². The molecule has 3 aliphatic carbocycles. The normalized spacial score (nSPS) is 42.4. The Hall–Kier alpha value is -0.230. The van der Waals surface area contributed by atoms with Crippen LogP contribution in [-0.2, 0) is 10.1 Å². The molecule has 0 saturated heterocycles. The monoisotopic (exact) mass is 294 g/mol. The summed E-state index contributed by atoms with van der Waals surface area (Å²) in [4.78, 5) is 0. The predicted molar refractivity (Wildman–Crippen MR) is 66.3 cm³/mol. The lowest BCUT2D eigenvalue weighted by Crippen LogP contribution is -2.32. The largest absolute Gasteiger partial charge is 0.370 e. The zero-order chi connectivity index (χ0) is 13.8. The molecule has 0 heterocycles. The van der Waals surface area contributed by atoms with Crippen LogP contribution in [0.3, 0.4) is 0 Å². The SMILES string of the molecule is O=S(=O)(O)C(F)(F)CC1CC2CC3CC(C2)C(C3)C1. The number of fused-ring (bicyclic) bond motifs is 2. The molecule has 3 fully saturated rings. The maximum Gasteiger partial charge on any atom is 0.370 e. The maximum atomic E-state index is 13.5.